The van der Waals surface area contributed by atoms with Crippen molar-refractivity contribution in [2.75, 3.05) is 16.4 Å². The summed E-state index contributed by atoms with van der Waals surface area (Å²) in [5.74, 6) is 0.557. The number of rotatable bonds is 8. The van der Waals surface area contributed by atoms with Crippen LogP contribution in [0.3, 0.4) is 0 Å². The van der Waals surface area contributed by atoms with Gasteiger partial charge in [-0.1, -0.05) is 6.92 Å². The average Bonchev–Trinajstić information content (AvgIpc) is 3.10. The minimum atomic E-state index is -0.558. The van der Waals surface area contributed by atoms with Gasteiger partial charge in [0, 0.05) is 18.3 Å². The molecule has 1 aromatic carbocycles. The Morgan fingerprint density at radius 3 is 2.66 bits per heavy atom. The molecule has 0 saturated carbocycles. The molecule has 0 saturated heterocycles. The van der Waals surface area contributed by atoms with Crippen molar-refractivity contribution < 1.29 is 9.50 Å². The summed E-state index contributed by atoms with van der Waals surface area (Å²) in [6, 6.07) is 4.24. The normalized spacial score (nSPS) is 13.6. The van der Waals surface area contributed by atoms with Gasteiger partial charge in [-0.05, 0) is 51.0 Å². The van der Waals surface area contributed by atoms with Crippen LogP contribution in [-0.2, 0) is 6.54 Å². The summed E-state index contributed by atoms with van der Waals surface area (Å²) in [5, 5.41) is 16.4. The third-order valence-corrected chi connectivity index (χ3v) is 4.87. The Labute approximate surface area is 169 Å². The highest BCUT2D eigenvalue weighted by Crippen LogP contribution is 2.25. The summed E-state index contributed by atoms with van der Waals surface area (Å²) in [7, 11) is 0. The van der Waals surface area contributed by atoms with Crippen LogP contribution in [0.1, 0.15) is 45.7 Å². The number of aromatic nitrogens is 4. The molecule has 0 aliphatic rings. The lowest BCUT2D eigenvalue weighted by Crippen LogP contribution is -2.31. The molecule has 0 aliphatic heterocycles. The fraction of sp³-hybridized carbons (Fsp3) is 0.450. The van der Waals surface area contributed by atoms with E-state index in [1.807, 2.05) is 25.3 Å². The standard InChI is InChI=1S/C20H28FN7O/c1-5-16(12(4)29)25-20-26-18(17-19(27-20)28(10-24-17)11(2)3)23-9-13-8-14(21)6-7-15(13)22/h6-8,10-12,16,29H,5,9,22H2,1-4H3,(H2,23,25,26,27). The smallest absolute Gasteiger partial charge is 0.227 e. The Balaban J connectivity index is 1.98. The van der Waals surface area contributed by atoms with E-state index in [0.717, 1.165) is 0 Å². The summed E-state index contributed by atoms with van der Waals surface area (Å²) in [6.45, 7) is 8.08. The second kappa shape index (κ2) is 8.60. The molecule has 0 amide bonds. The van der Waals surface area contributed by atoms with Crippen molar-refractivity contribution in [3.8, 4) is 0 Å². The molecule has 2 atom stereocenters. The van der Waals surface area contributed by atoms with Crippen LogP contribution in [0, 0.1) is 5.82 Å². The monoisotopic (exact) mass is 401 g/mol. The largest absolute Gasteiger partial charge is 0.398 e. The van der Waals surface area contributed by atoms with E-state index in [0.29, 0.717) is 40.6 Å². The topological polar surface area (TPSA) is 114 Å². The number of aliphatic hydroxyl groups excluding tert-OH is 1. The number of aliphatic hydroxyl groups is 1. The first-order chi connectivity index (χ1) is 13.8. The zero-order valence-corrected chi connectivity index (χ0v) is 17.1. The number of anilines is 3. The Bertz CT molecular complexity index is 986. The molecule has 0 radical (unpaired) electrons. The minimum absolute atomic E-state index is 0.160. The highest BCUT2D eigenvalue weighted by atomic mass is 19.1. The van der Waals surface area contributed by atoms with E-state index in [-0.39, 0.29) is 24.4 Å². The maximum atomic E-state index is 13.6. The van der Waals surface area contributed by atoms with Crippen molar-refractivity contribution in [2.24, 2.45) is 0 Å². The molecule has 0 fully saturated rings. The Hall–Kier alpha value is -2.94. The molecule has 5 N–H and O–H groups in total. The molecule has 0 bridgehead atoms. The van der Waals surface area contributed by atoms with E-state index >= 15 is 0 Å². The molecule has 2 aromatic heterocycles. The van der Waals surface area contributed by atoms with Crippen LogP contribution in [0.4, 0.5) is 21.8 Å². The van der Waals surface area contributed by atoms with Crippen LogP contribution in [0.15, 0.2) is 24.5 Å². The third kappa shape index (κ3) is 4.56. The molecule has 9 heteroatoms. The van der Waals surface area contributed by atoms with E-state index in [1.54, 1.807) is 13.3 Å². The second-order valence-corrected chi connectivity index (χ2v) is 7.41. The molecule has 0 spiro atoms. The Morgan fingerprint density at radius 1 is 1.24 bits per heavy atom. The Kier molecular flexibility index (Phi) is 6.17. The lowest BCUT2D eigenvalue weighted by Gasteiger charge is -2.20. The summed E-state index contributed by atoms with van der Waals surface area (Å²) in [6.07, 6.45) is 1.88. The van der Waals surface area contributed by atoms with Crippen molar-refractivity contribution in [1.29, 1.82) is 0 Å². The van der Waals surface area contributed by atoms with Gasteiger partial charge in [0.25, 0.3) is 0 Å². The quantitative estimate of drug-likeness (QED) is 0.428. The SMILES string of the molecule is CCC(Nc1nc(NCc2cc(F)ccc2N)c2ncn(C(C)C)c2n1)C(C)O. The lowest BCUT2D eigenvalue weighted by molar-refractivity contribution is 0.169. The van der Waals surface area contributed by atoms with Crippen LogP contribution >= 0.6 is 0 Å². The first-order valence-electron chi connectivity index (χ1n) is 9.77. The van der Waals surface area contributed by atoms with Gasteiger partial charge in [0.15, 0.2) is 17.0 Å². The summed E-state index contributed by atoms with van der Waals surface area (Å²) >= 11 is 0. The van der Waals surface area contributed by atoms with E-state index in [4.69, 9.17) is 5.73 Å². The number of nitrogens with two attached hydrogens (primary N) is 1. The van der Waals surface area contributed by atoms with Gasteiger partial charge in [-0.15, -0.1) is 0 Å². The molecular formula is C20H28FN7O. The number of imidazole rings is 1. The zero-order valence-electron chi connectivity index (χ0n) is 17.1. The van der Waals surface area contributed by atoms with Crippen molar-refractivity contribution >= 4 is 28.6 Å². The van der Waals surface area contributed by atoms with Crippen molar-refractivity contribution in [1.82, 2.24) is 19.5 Å². The van der Waals surface area contributed by atoms with Gasteiger partial charge in [-0.3, -0.25) is 0 Å². The van der Waals surface area contributed by atoms with Crippen molar-refractivity contribution in [2.45, 2.75) is 58.8 Å². The molecule has 156 valence electrons. The maximum Gasteiger partial charge on any atom is 0.227 e. The van der Waals surface area contributed by atoms with Crippen LogP contribution in [0.25, 0.3) is 11.2 Å². The molecule has 29 heavy (non-hydrogen) atoms. The molecule has 3 rings (SSSR count). The first-order valence-corrected chi connectivity index (χ1v) is 9.77. The summed E-state index contributed by atoms with van der Waals surface area (Å²) < 4.78 is 15.5. The van der Waals surface area contributed by atoms with Crippen LogP contribution < -0.4 is 16.4 Å². The molecule has 2 heterocycles. The predicted octanol–water partition coefficient (Wildman–Crippen LogP) is 3.31. The van der Waals surface area contributed by atoms with E-state index in [9.17, 15) is 9.50 Å². The van der Waals surface area contributed by atoms with Crippen LogP contribution in [-0.4, -0.2) is 36.8 Å². The van der Waals surface area contributed by atoms with E-state index < -0.39 is 6.10 Å². The number of hydrogen-bond acceptors (Lipinski definition) is 7. The van der Waals surface area contributed by atoms with Gasteiger partial charge in [-0.25, -0.2) is 9.37 Å². The van der Waals surface area contributed by atoms with Gasteiger partial charge in [0.2, 0.25) is 5.95 Å². The van der Waals surface area contributed by atoms with Crippen LogP contribution in [0.2, 0.25) is 0 Å². The number of nitrogens with zero attached hydrogens (tertiary/aromatic N) is 4. The molecular weight excluding hydrogens is 373 g/mol. The summed E-state index contributed by atoms with van der Waals surface area (Å²) in [4.78, 5) is 13.6. The van der Waals surface area contributed by atoms with Crippen LogP contribution in [0.5, 0.6) is 0 Å². The lowest BCUT2D eigenvalue weighted by atomic mass is 10.1. The van der Waals surface area contributed by atoms with E-state index in [2.05, 4.69) is 25.6 Å². The second-order valence-electron chi connectivity index (χ2n) is 7.41. The number of nitrogen functional groups attached to an aromatic ring is 1. The maximum absolute atomic E-state index is 13.6. The average molecular weight is 401 g/mol. The van der Waals surface area contributed by atoms with Gasteiger partial charge in [-0.2, -0.15) is 9.97 Å². The zero-order chi connectivity index (χ0) is 21.1. The predicted molar refractivity (Wildman–Crippen MR) is 113 cm³/mol. The van der Waals surface area contributed by atoms with Crippen molar-refractivity contribution in [3.05, 3.63) is 35.9 Å². The third-order valence-electron chi connectivity index (χ3n) is 4.87. The first kappa shape index (κ1) is 20.8. The number of fused-ring (bicyclic) bond motifs is 1. The van der Waals surface area contributed by atoms with Crippen molar-refractivity contribution in [3.63, 3.8) is 0 Å². The number of nitrogens with one attached hydrogen (secondary N) is 2. The molecule has 2 unspecified atom stereocenters. The van der Waals surface area contributed by atoms with Gasteiger partial charge < -0.3 is 26.0 Å². The highest BCUT2D eigenvalue weighted by molar-refractivity contribution is 5.84. The number of benzene rings is 1. The minimum Gasteiger partial charge on any atom is -0.398 e. The van der Waals surface area contributed by atoms with Gasteiger partial charge >= 0.3 is 0 Å². The number of halogens is 1. The van der Waals surface area contributed by atoms with E-state index in [1.165, 1.54) is 18.2 Å². The van der Waals surface area contributed by atoms with Gasteiger partial charge in [0.1, 0.15) is 5.82 Å². The summed E-state index contributed by atoms with van der Waals surface area (Å²) in [5.41, 5.74) is 8.37. The fourth-order valence-electron chi connectivity index (χ4n) is 3.12. The highest BCUT2D eigenvalue weighted by Gasteiger charge is 2.18. The molecule has 3 aromatic rings. The number of hydrogen-bond donors (Lipinski definition) is 4. The van der Waals surface area contributed by atoms with Gasteiger partial charge in [0.05, 0.1) is 18.5 Å². The molecule has 0 aliphatic carbocycles. The fourth-order valence-corrected chi connectivity index (χ4v) is 3.12. The molecule has 8 nitrogen and oxygen atoms in total. The Morgan fingerprint density at radius 2 is 2.00 bits per heavy atom.